The van der Waals surface area contributed by atoms with Gasteiger partial charge in [-0.25, -0.2) is 4.79 Å². The van der Waals surface area contributed by atoms with Crippen molar-refractivity contribution in [1.29, 1.82) is 0 Å². The van der Waals surface area contributed by atoms with Crippen molar-refractivity contribution >= 4 is 12.1 Å². The van der Waals surface area contributed by atoms with Crippen LogP contribution in [0.2, 0.25) is 0 Å². The molecular weight excluding hydrogens is 198 g/mol. The Morgan fingerprint density at radius 3 is 2.40 bits per heavy atom. The van der Waals surface area contributed by atoms with Crippen LogP contribution in [-0.4, -0.2) is 29.8 Å². The van der Waals surface area contributed by atoms with Crippen molar-refractivity contribution in [3.05, 3.63) is 0 Å². The van der Waals surface area contributed by atoms with E-state index in [2.05, 4.69) is 19.2 Å². The van der Waals surface area contributed by atoms with Gasteiger partial charge in [0.2, 0.25) is 0 Å². The number of carboxylic acid groups (broad SMARTS) is 1. The van der Waals surface area contributed by atoms with Gasteiger partial charge in [0.25, 0.3) is 0 Å². The van der Waals surface area contributed by atoms with Crippen LogP contribution in [0.1, 0.15) is 33.6 Å². The van der Waals surface area contributed by atoms with Crippen LogP contribution in [0.5, 0.6) is 0 Å². The van der Waals surface area contributed by atoms with E-state index in [1.165, 1.54) is 6.92 Å². The number of carboxylic acids is 1. The molecule has 0 aromatic carbocycles. The molecule has 0 spiro atoms. The van der Waals surface area contributed by atoms with Gasteiger partial charge in [0.05, 0.1) is 6.61 Å². The summed E-state index contributed by atoms with van der Waals surface area (Å²) in [5.41, 5.74) is 0. The van der Waals surface area contributed by atoms with Gasteiger partial charge in [-0.3, -0.25) is 4.79 Å². The lowest BCUT2D eigenvalue weighted by molar-refractivity contribution is -0.138. The summed E-state index contributed by atoms with van der Waals surface area (Å²) >= 11 is 0. The minimum atomic E-state index is -1.07. The molecule has 15 heavy (non-hydrogen) atoms. The molecule has 0 heterocycles. The summed E-state index contributed by atoms with van der Waals surface area (Å²) in [6.07, 6.45) is 1.11. The first-order valence-corrected chi connectivity index (χ1v) is 5.09. The normalized spacial score (nSPS) is 12.3. The molecule has 88 valence electrons. The lowest BCUT2D eigenvalue weighted by atomic mass is 10.1. The molecule has 0 rings (SSSR count). The van der Waals surface area contributed by atoms with Crippen molar-refractivity contribution < 1.29 is 19.4 Å². The molecule has 0 saturated heterocycles. The lowest BCUT2D eigenvalue weighted by Crippen LogP contribution is -2.38. The van der Waals surface area contributed by atoms with Gasteiger partial charge >= 0.3 is 12.1 Å². The summed E-state index contributed by atoms with van der Waals surface area (Å²) in [6.45, 7) is 5.90. The summed E-state index contributed by atoms with van der Waals surface area (Å²) in [7, 11) is 0. The molecule has 2 N–H and O–H groups in total. The zero-order chi connectivity index (χ0) is 11.8. The highest BCUT2D eigenvalue weighted by atomic mass is 16.5. The molecule has 5 heteroatoms. The molecule has 0 unspecified atom stereocenters. The second kappa shape index (κ2) is 7.09. The summed E-state index contributed by atoms with van der Waals surface area (Å²) in [5, 5.41) is 10.7. The Bertz CT molecular complexity index is 215. The second-order valence-electron chi connectivity index (χ2n) is 3.88. The Morgan fingerprint density at radius 2 is 1.93 bits per heavy atom. The average molecular weight is 217 g/mol. The zero-order valence-corrected chi connectivity index (χ0v) is 9.45. The highest BCUT2D eigenvalue weighted by molar-refractivity contribution is 5.79. The third-order valence-electron chi connectivity index (χ3n) is 1.86. The van der Waals surface area contributed by atoms with Crippen molar-refractivity contribution in [1.82, 2.24) is 5.32 Å². The van der Waals surface area contributed by atoms with E-state index in [4.69, 9.17) is 9.84 Å². The molecule has 0 fully saturated rings. The Kier molecular flexibility index (Phi) is 6.49. The monoisotopic (exact) mass is 217 g/mol. The van der Waals surface area contributed by atoms with E-state index < -0.39 is 18.1 Å². The Balaban J connectivity index is 3.54. The van der Waals surface area contributed by atoms with Crippen LogP contribution >= 0.6 is 0 Å². The molecule has 0 aliphatic heterocycles. The molecule has 0 aliphatic rings. The Hall–Kier alpha value is -1.26. The van der Waals surface area contributed by atoms with Crippen molar-refractivity contribution in [2.45, 2.75) is 39.7 Å². The molecule has 0 radical (unpaired) electrons. The van der Waals surface area contributed by atoms with E-state index in [1.807, 2.05) is 0 Å². The Morgan fingerprint density at radius 1 is 1.33 bits per heavy atom. The van der Waals surface area contributed by atoms with Crippen molar-refractivity contribution in [2.24, 2.45) is 5.92 Å². The largest absolute Gasteiger partial charge is 0.480 e. The van der Waals surface area contributed by atoms with E-state index >= 15 is 0 Å². The molecule has 5 nitrogen and oxygen atoms in total. The van der Waals surface area contributed by atoms with E-state index in [0.29, 0.717) is 12.5 Å². The van der Waals surface area contributed by atoms with Crippen molar-refractivity contribution in [2.75, 3.05) is 6.61 Å². The number of ether oxygens (including phenoxy) is 1. The predicted octanol–water partition coefficient (Wildman–Crippen LogP) is 1.62. The molecule has 0 saturated carbocycles. The topological polar surface area (TPSA) is 75.6 Å². The van der Waals surface area contributed by atoms with Crippen LogP contribution in [0, 0.1) is 5.92 Å². The number of alkyl carbamates (subject to hydrolysis) is 1. The van der Waals surface area contributed by atoms with Gasteiger partial charge in [0.15, 0.2) is 0 Å². The first-order chi connectivity index (χ1) is 6.93. The van der Waals surface area contributed by atoms with E-state index in [1.54, 1.807) is 0 Å². The highest BCUT2D eigenvalue weighted by Gasteiger charge is 2.14. The summed E-state index contributed by atoms with van der Waals surface area (Å²) < 4.78 is 4.80. The van der Waals surface area contributed by atoms with Gasteiger partial charge in [-0.05, 0) is 25.7 Å². The third kappa shape index (κ3) is 7.78. The first kappa shape index (κ1) is 13.7. The molecule has 1 amide bonds. The number of carbonyl (C=O) groups is 2. The van der Waals surface area contributed by atoms with Gasteiger partial charge in [-0.15, -0.1) is 0 Å². The number of hydrogen-bond acceptors (Lipinski definition) is 3. The Labute approximate surface area is 89.8 Å². The maximum Gasteiger partial charge on any atom is 0.407 e. The van der Waals surface area contributed by atoms with E-state index in [0.717, 1.165) is 12.8 Å². The minimum absolute atomic E-state index is 0.330. The van der Waals surface area contributed by atoms with E-state index in [-0.39, 0.29) is 0 Å². The SMILES string of the molecule is CC(C)CCCOC(=O)N[C@@H](C)C(=O)O. The van der Waals surface area contributed by atoms with Crippen LogP contribution in [0.15, 0.2) is 0 Å². The van der Waals surface area contributed by atoms with Crippen LogP contribution in [0.25, 0.3) is 0 Å². The van der Waals surface area contributed by atoms with Crippen molar-refractivity contribution in [3.63, 3.8) is 0 Å². The van der Waals surface area contributed by atoms with Crippen molar-refractivity contribution in [3.8, 4) is 0 Å². The third-order valence-corrected chi connectivity index (χ3v) is 1.86. The molecule has 0 aromatic rings. The van der Waals surface area contributed by atoms with Gasteiger partial charge < -0.3 is 15.2 Å². The highest BCUT2D eigenvalue weighted by Crippen LogP contribution is 2.03. The lowest BCUT2D eigenvalue weighted by Gasteiger charge is -2.10. The number of hydrogen-bond donors (Lipinski definition) is 2. The quantitative estimate of drug-likeness (QED) is 0.663. The van der Waals surface area contributed by atoms with Crippen LogP contribution in [-0.2, 0) is 9.53 Å². The van der Waals surface area contributed by atoms with Gasteiger partial charge in [0, 0.05) is 0 Å². The molecular formula is C10H19NO4. The maximum atomic E-state index is 11.0. The zero-order valence-electron chi connectivity index (χ0n) is 9.45. The standard InChI is InChI=1S/C10H19NO4/c1-7(2)5-4-6-15-10(14)11-8(3)9(12)13/h7-8H,4-6H2,1-3H3,(H,11,14)(H,12,13)/t8-/m0/s1. The summed E-state index contributed by atoms with van der Waals surface area (Å²) in [5.74, 6) is -0.497. The fraction of sp³-hybridized carbons (Fsp3) is 0.800. The van der Waals surface area contributed by atoms with Gasteiger partial charge in [-0.1, -0.05) is 13.8 Å². The average Bonchev–Trinajstić information content (AvgIpc) is 2.12. The number of aliphatic carboxylic acids is 1. The fourth-order valence-corrected chi connectivity index (χ4v) is 0.937. The fourth-order valence-electron chi connectivity index (χ4n) is 0.937. The van der Waals surface area contributed by atoms with Gasteiger partial charge in [0.1, 0.15) is 6.04 Å². The number of carbonyl (C=O) groups excluding carboxylic acids is 1. The van der Waals surface area contributed by atoms with Crippen LogP contribution < -0.4 is 5.32 Å². The number of amides is 1. The maximum absolute atomic E-state index is 11.0. The van der Waals surface area contributed by atoms with Crippen LogP contribution in [0.4, 0.5) is 4.79 Å². The van der Waals surface area contributed by atoms with E-state index in [9.17, 15) is 9.59 Å². The first-order valence-electron chi connectivity index (χ1n) is 5.09. The second-order valence-corrected chi connectivity index (χ2v) is 3.88. The van der Waals surface area contributed by atoms with Crippen LogP contribution in [0.3, 0.4) is 0 Å². The summed E-state index contributed by atoms with van der Waals surface area (Å²) in [4.78, 5) is 21.4. The molecule has 1 atom stereocenters. The molecule has 0 aliphatic carbocycles. The minimum Gasteiger partial charge on any atom is -0.480 e. The number of rotatable bonds is 6. The number of nitrogens with one attached hydrogen (secondary N) is 1. The summed E-state index contributed by atoms with van der Waals surface area (Å²) in [6, 6.07) is -0.914. The molecule has 0 bridgehead atoms. The molecule has 0 aromatic heterocycles. The predicted molar refractivity (Wildman–Crippen MR) is 55.7 cm³/mol. The van der Waals surface area contributed by atoms with Gasteiger partial charge in [-0.2, -0.15) is 0 Å². The smallest absolute Gasteiger partial charge is 0.407 e.